The molecule has 0 saturated heterocycles. The zero-order valence-electron chi connectivity index (χ0n) is 32.9. The number of carbonyl (C=O) groups is 2. The van der Waals surface area contributed by atoms with Crippen molar-refractivity contribution in [2.45, 2.75) is 168 Å². The summed E-state index contributed by atoms with van der Waals surface area (Å²) >= 11 is 2.96. The van der Waals surface area contributed by atoms with Crippen LogP contribution in [0.15, 0.2) is 26.4 Å². The van der Waals surface area contributed by atoms with E-state index in [1.165, 1.54) is 121 Å². The van der Waals surface area contributed by atoms with E-state index in [0.29, 0.717) is 34.4 Å². The number of nitrogens with zero attached hydrogens (tertiary/aromatic N) is 1. The van der Waals surface area contributed by atoms with E-state index in [1.807, 2.05) is 29.6 Å². The number of thioether (sulfide) groups is 1. The first-order valence-electron chi connectivity index (χ1n) is 20.9. The number of allylic oxidation sites excluding steroid dienone is 1. The summed E-state index contributed by atoms with van der Waals surface area (Å²) in [5.74, 6) is 1.63. The number of furan rings is 1. The fourth-order valence-corrected chi connectivity index (χ4v) is 30.2. The number of carbonyl (C=O) groups excluding carboxylic acids is 2. The molecule has 3 aliphatic rings. The van der Waals surface area contributed by atoms with Crippen molar-refractivity contribution >= 4 is 68.3 Å². The third kappa shape index (κ3) is 8.05. The molecule has 0 bridgehead atoms. The summed E-state index contributed by atoms with van der Waals surface area (Å²) in [6, 6.07) is 5.07. The first-order valence-corrected chi connectivity index (χ1v) is 28.1. The van der Waals surface area contributed by atoms with Crippen molar-refractivity contribution in [3.05, 3.63) is 43.7 Å². The van der Waals surface area contributed by atoms with E-state index in [9.17, 15) is 9.59 Å². The Hall–Kier alpha value is -1.55. The van der Waals surface area contributed by atoms with Crippen LogP contribution < -0.4 is 8.79 Å². The quantitative estimate of drug-likeness (QED) is 0.0575. The Bertz CT molecular complexity index is 1730. The molecule has 0 aliphatic carbocycles. The summed E-state index contributed by atoms with van der Waals surface area (Å²) in [6.07, 6.45) is 25.0. The van der Waals surface area contributed by atoms with E-state index in [-0.39, 0.29) is 11.8 Å². The van der Waals surface area contributed by atoms with Gasteiger partial charge in [-0.2, -0.15) is 0 Å². The van der Waals surface area contributed by atoms with Crippen molar-refractivity contribution in [1.82, 2.24) is 4.90 Å². The van der Waals surface area contributed by atoms with Crippen LogP contribution in [0.4, 0.5) is 0 Å². The number of unbranched alkanes of at least 4 members (excludes halogenated alkanes) is 10. The molecule has 8 heteroatoms. The standard InChI is InChI=1S/C44H63GeNO3S3/c1-7-11-15-17-18-20-26-46-43(47)38-31(6)49-40(39(38)44(46)48)36-28-35-42(52-36)41-34(27-30(5)50-41)45(35,37-25-24-33(51-37)23-14-10-4)29-32(21-13-9-3)22-19-16-12-8-2/h25,27-28,32-33H,7-24,26,29H2,1-6H3. The Morgan fingerprint density at radius 2 is 1.40 bits per heavy atom. The fourth-order valence-electron chi connectivity index (χ4n) is 9.05. The van der Waals surface area contributed by atoms with Crippen molar-refractivity contribution in [3.8, 4) is 20.4 Å². The molecule has 6 heterocycles. The number of thiophene rings is 2. The van der Waals surface area contributed by atoms with Crippen molar-refractivity contribution in [2.75, 3.05) is 6.54 Å². The van der Waals surface area contributed by atoms with Gasteiger partial charge in [0.2, 0.25) is 0 Å². The average molecular weight is 823 g/mol. The van der Waals surface area contributed by atoms with Gasteiger partial charge >= 0.3 is 312 Å². The molecule has 6 rings (SSSR count). The van der Waals surface area contributed by atoms with Gasteiger partial charge < -0.3 is 0 Å². The molecule has 3 unspecified atom stereocenters. The normalized spacial score (nSPS) is 19.8. The second-order valence-electron chi connectivity index (χ2n) is 15.9. The summed E-state index contributed by atoms with van der Waals surface area (Å²) in [7, 11) is 0. The van der Waals surface area contributed by atoms with E-state index in [4.69, 9.17) is 4.42 Å². The molecule has 0 N–H and O–H groups in total. The maximum atomic E-state index is 14.1. The van der Waals surface area contributed by atoms with E-state index in [1.54, 1.807) is 12.5 Å². The Morgan fingerprint density at radius 3 is 2.15 bits per heavy atom. The van der Waals surface area contributed by atoms with Gasteiger partial charge in [-0.05, 0) is 0 Å². The third-order valence-corrected chi connectivity index (χ3v) is 28.9. The molecule has 52 heavy (non-hydrogen) atoms. The van der Waals surface area contributed by atoms with Gasteiger partial charge in [-0.1, -0.05) is 19.8 Å². The van der Waals surface area contributed by atoms with Gasteiger partial charge in [0.05, 0.1) is 0 Å². The molecule has 284 valence electrons. The number of amides is 2. The van der Waals surface area contributed by atoms with Crippen LogP contribution in [-0.4, -0.2) is 41.8 Å². The zero-order valence-corrected chi connectivity index (χ0v) is 37.5. The molecule has 3 atom stereocenters. The van der Waals surface area contributed by atoms with Gasteiger partial charge in [-0.15, -0.1) is 0 Å². The van der Waals surface area contributed by atoms with Crippen molar-refractivity contribution in [1.29, 1.82) is 0 Å². The van der Waals surface area contributed by atoms with Gasteiger partial charge in [0.1, 0.15) is 0 Å². The molecule has 2 amide bonds. The Labute approximate surface area is 329 Å². The third-order valence-electron chi connectivity index (χ3n) is 11.9. The number of rotatable bonds is 22. The number of hydrogen-bond donors (Lipinski definition) is 0. The monoisotopic (exact) mass is 823 g/mol. The summed E-state index contributed by atoms with van der Waals surface area (Å²) < 4.78 is 11.5. The molecule has 0 saturated carbocycles. The Balaban J connectivity index is 1.39. The number of imide groups is 1. The van der Waals surface area contributed by atoms with Gasteiger partial charge in [-0.25, -0.2) is 0 Å². The topological polar surface area (TPSA) is 50.5 Å². The first kappa shape index (κ1) is 40.1. The molecular formula is C44H63GeNO3S3. The van der Waals surface area contributed by atoms with Crippen LogP contribution in [0.25, 0.3) is 20.4 Å². The fraction of sp³-hybridized carbons (Fsp3) is 0.636. The molecular weight excluding hydrogens is 759 g/mol. The van der Waals surface area contributed by atoms with Crippen molar-refractivity contribution < 1.29 is 14.0 Å². The molecule has 0 fully saturated rings. The zero-order chi connectivity index (χ0) is 36.8. The van der Waals surface area contributed by atoms with Crippen LogP contribution in [0, 0.1) is 19.8 Å². The summed E-state index contributed by atoms with van der Waals surface area (Å²) in [5.41, 5.74) is 1.01. The molecule has 0 radical (unpaired) electrons. The average Bonchev–Trinajstić information content (AvgIpc) is 3.98. The minimum absolute atomic E-state index is 0.158. The predicted molar refractivity (Wildman–Crippen MR) is 229 cm³/mol. The van der Waals surface area contributed by atoms with Gasteiger partial charge in [0.15, 0.2) is 0 Å². The Morgan fingerprint density at radius 1 is 0.769 bits per heavy atom. The van der Waals surface area contributed by atoms with E-state index in [0.717, 1.165) is 30.1 Å². The molecule has 3 aliphatic heterocycles. The van der Waals surface area contributed by atoms with Crippen LogP contribution in [0.3, 0.4) is 0 Å². The minimum atomic E-state index is -3.11. The van der Waals surface area contributed by atoms with Crippen molar-refractivity contribution in [2.24, 2.45) is 5.92 Å². The van der Waals surface area contributed by atoms with Crippen LogP contribution in [-0.2, 0) is 0 Å². The van der Waals surface area contributed by atoms with Gasteiger partial charge in [0, 0.05) is 0 Å². The number of aryl methyl sites for hydroxylation is 2. The van der Waals surface area contributed by atoms with Gasteiger partial charge in [0.25, 0.3) is 0 Å². The SMILES string of the molecule is CCCCCCCCN1C(=O)c2c(C)oc(-c3c[c]4c(s3)-c3sc(C)c[c]3[Ge]4([CH2]C(CCCC)CCCCCC)[C]3=CCC(CCCC)S3)c2C1=O. The molecule has 3 aromatic rings. The predicted octanol–water partition coefficient (Wildman–Crippen LogP) is 13.1. The maximum absolute atomic E-state index is 14.1. The first-order chi connectivity index (χ1) is 25.3. The van der Waals surface area contributed by atoms with E-state index >= 15 is 0 Å². The van der Waals surface area contributed by atoms with Crippen LogP contribution in [0.2, 0.25) is 5.25 Å². The van der Waals surface area contributed by atoms with Crippen molar-refractivity contribution in [3.63, 3.8) is 0 Å². The van der Waals surface area contributed by atoms with Gasteiger partial charge in [-0.3, -0.25) is 0 Å². The van der Waals surface area contributed by atoms with Crippen LogP contribution in [0.5, 0.6) is 0 Å². The molecule has 0 aromatic carbocycles. The number of fused-ring (bicyclic) bond motifs is 4. The number of hydrogen-bond acceptors (Lipinski definition) is 6. The Kier molecular flexibility index (Phi) is 14.2. The van der Waals surface area contributed by atoms with E-state index < -0.39 is 13.3 Å². The summed E-state index contributed by atoms with van der Waals surface area (Å²) in [5, 5.41) is 2.02. The summed E-state index contributed by atoms with van der Waals surface area (Å²) in [6.45, 7) is 13.9. The summed E-state index contributed by atoms with van der Waals surface area (Å²) in [4.78, 5) is 34.7. The second kappa shape index (κ2) is 18.4. The molecule has 0 spiro atoms. The molecule has 4 nitrogen and oxygen atoms in total. The van der Waals surface area contributed by atoms with E-state index in [2.05, 4.69) is 64.6 Å². The molecule has 3 aromatic heterocycles. The van der Waals surface area contributed by atoms with Crippen LogP contribution >= 0.6 is 34.4 Å². The van der Waals surface area contributed by atoms with Crippen LogP contribution in [0.1, 0.15) is 175 Å². The second-order valence-corrected chi connectivity index (χ2v) is 28.3.